The lowest BCUT2D eigenvalue weighted by Crippen LogP contribution is -2.05. The molecule has 0 amide bonds. The quantitative estimate of drug-likeness (QED) is 0.584. The van der Waals surface area contributed by atoms with Gasteiger partial charge in [0.05, 0.1) is 11.0 Å². The predicted molar refractivity (Wildman–Crippen MR) is 80.7 cm³/mol. The van der Waals surface area contributed by atoms with Gasteiger partial charge in [-0.25, -0.2) is 0 Å². The van der Waals surface area contributed by atoms with E-state index >= 15 is 0 Å². The average molecular weight is 262 g/mol. The Labute approximate surface area is 114 Å². The van der Waals surface area contributed by atoms with Crippen molar-refractivity contribution in [2.24, 2.45) is 0 Å². The van der Waals surface area contributed by atoms with Crippen molar-refractivity contribution in [1.29, 1.82) is 0 Å². The smallest absolute Gasteiger partial charge is 0.178 e. The highest BCUT2D eigenvalue weighted by molar-refractivity contribution is 7.71. The fourth-order valence-electron chi connectivity index (χ4n) is 2.50. The van der Waals surface area contributed by atoms with E-state index in [-0.39, 0.29) is 0 Å². The molecule has 1 unspecified atom stereocenters. The summed E-state index contributed by atoms with van der Waals surface area (Å²) in [5.41, 5.74) is 3.65. The lowest BCUT2D eigenvalue weighted by molar-refractivity contribution is 0.483. The van der Waals surface area contributed by atoms with E-state index in [0.29, 0.717) is 6.04 Å². The highest BCUT2D eigenvalue weighted by atomic mass is 32.1. The number of aromatic nitrogens is 2. The Bertz CT molecular complexity index is 580. The van der Waals surface area contributed by atoms with Crippen LogP contribution in [0.3, 0.4) is 0 Å². The first kappa shape index (κ1) is 13.3. The summed E-state index contributed by atoms with van der Waals surface area (Å²) in [5, 5.41) is 0. The predicted octanol–water partition coefficient (Wildman–Crippen LogP) is 5.15. The number of nitrogens with zero attached hydrogens (tertiary/aromatic N) is 1. The number of hydrogen-bond acceptors (Lipinski definition) is 1. The minimum Gasteiger partial charge on any atom is -0.331 e. The Kier molecular flexibility index (Phi) is 4.23. The summed E-state index contributed by atoms with van der Waals surface area (Å²) in [4.78, 5) is 3.32. The number of benzene rings is 1. The molecule has 2 rings (SSSR count). The maximum atomic E-state index is 5.46. The van der Waals surface area contributed by atoms with Gasteiger partial charge in [0.1, 0.15) is 0 Å². The molecule has 98 valence electrons. The molecule has 0 radical (unpaired) electrons. The van der Waals surface area contributed by atoms with E-state index in [4.69, 9.17) is 12.2 Å². The van der Waals surface area contributed by atoms with Gasteiger partial charge in [-0.05, 0) is 50.2 Å². The van der Waals surface area contributed by atoms with Crippen molar-refractivity contribution in [2.75, 3.05) is 0 Å². The van der Waals surface area contributed by atoms with Crippen molar-refractivity contribution in [1.82, 2.24) is 9.55 Å². The molecule has 18 heavy (non-hydrogen) atoms. The number of fused-ring (bicyclic) bond motifs is 1. The van der Waals surface area contributed by atoms with Gasteiger partial charge in [0, 0.05) is 6.04 Å². The van der Waals surface area contributed by atoms with E-state index in [2.05, 4.69) is 48.5 Å². The van der Waals surface area contributed by atoms with Crippen molar-refractivity contribution < 1.29 is 0 Å². The average Bonchev–Trinajstić information content (AvgIpc) is 2.64. The summed E-state index contributed by atoms with van der Waals surface area (Å²) in [6.45, 7) is 6.61. The van der Waals surface area contributed by atoms with Gasteiger partial charge < -0.3 is 9.55 Å². The van der Waals surface area contributed by atoms with Gasteiger partial charge in [-0.3, -0.25) is 0 Å². The van der Waals surface area contributed by atoms with Crippen molar-refractivity contribution in [3.8, 4) is 0 Å². The van der Waals surface area contributed by atoms with Crippen LogP contribution in [0.5, 0.6) is 0 Å². The van der Waals surface area contributed by atoms with Gasteiger partial charge in [-0.1, -0.05) is 32.3 Å². The Morgan fingerprint density at radius 3 is 2.83 bits per heavy atom. The van der Waals surface area contributed by atoms with Crippen LogP contribution in [0.25, 0.3) is 11.0 Å². The van der Waals surface area contributed by atoms with E-state index in [1.54, 1.807) is 0 Å². The molecule has 1 N–H and O–H groups in total. The SMILES string of the molecule is CCCCCC(C)n1c(=S)[nH]c2cc(C)ccc21. The molecule has 0 saturated heterocycles. The largest absolute Gasteiger partial charge is 0.331 e. The summed E-state index contributed by atoms with van der Waals surface area (Å²) in [7, 11) is 0. The molecule has 1 aromatic carbocycles. The molecule has 1 heterocycles. The van der Waals surface area contributed by atoms with Crippen LogP contribution in [0.15, 0.2) is 18.2 Å². The molecule has 0 fully saturated rings. The zero-order chi connectivity index (χ0) is 13.1. The van der Waals surface area contributed by atoms with Crippen LogP contribution >= 0.6 is 12.2 Å². The van der Waals surface area contributed by atoms with E-state index in [9.17, 15) is 0 Å². The fourth-order valence-corrected chi connectivity index (χ4v) is 2.89. The topological polar surface area (TPSA) is 20.7 Å². The summed E-state index contributed by atoms with van der Waals surface area (Å²) in [5.74, 6) is 0. The van der Waals surface area contributed by atoms with Gasteiger partial charge in [0.2, 0.25) is 0 Å². The Morgan fingerprint density at radius 2 is 2.11 bits per heavy atom. The number of hydrogen-bond donors (Lipinski definition) is 1. The second-order valence-corrected chi connectivity index (χ2v) is 5.55. The third-order valence-electron chi connectivity index (χ3n) is 3.54. The molecule has 0 aliphatic rings. The Balaban J connectivity index is 2.32. The number of aromatic amines is 1. The molecule has 1 atom stereocenters. The molecule has 0 spiro atoms. The van der Waals surface area contributed by atoms with Crippen LogP contribution in [0.4, 0.5) is 0 Å². The molecule has 1 aromatic heterocycles. The third-order valence-corrected chi connectivity index (χ3v) is 3.84. The maximum absolute atomic E-state index is 5.46. The second kappa shape index (κ2) is 5.70. The molecule has 0 aliphatic carbocycles. The maximum Gasteiger partial charge on any atom is 0.178 e. The van der Waals surface area contributed by atoms with Gasteiger partial charge in [-0.2, -0.15) is 0 Å². The van der Waals surface area contributed by atoms with Gasteiger partial charge >= 0.3 is 0 Å². The number of H-pyrrole nitrogens is 1. The Hall–Kier alpha value is -1.09. The van der Waals surface area contributed by atoms with Crippen LogP contribution in [0.1, 0.15) is 51.1 Å². The number of imidazole rings is 1. The van der Waals surface area contributed by atoms with Crippen LogP contribution < -0.4 is 0 Å². The number of nitrogens with one attached hydrogen (secondary N) is 1. The number of unbranched alkanes of at least 4 members (excludes halogenated alkanes) is 2. The normalized spacial score (nSPS) is 13.1. The minimum absolute atomic E-state index is 0.473. The highest BCUT2D eigenvalue weighted by Crippen LogP contribution is 2.23. The van der Waals surface area contributed by atoms with Crippen LogP contribution in [0.2, 0.25) is 0 Å². The van der Waals surface area contributed by atoms with E-state index in [0.717, 1.165) is 10.3 Å². The fraction of sp³-hybridized carbons (Fsp3) is 0.533. The lowest BCUT2D eigenvalue weighted by atomic mass is 10.1. The third kappa shape index (κ3) is 2.66. The van der Waals surface area contributed by atoms with Crippen molar-refractivity contribution in [3.05, 3.63) is 28.5 Å². The molecule has 0 saturated carbocycles. The number of aryl methyl sites for hydroxylation is 1. The molecule has 0 aliphatic heterocycles. The molecule has 3 heteroatoms. The first-order chi connectivity index (χ1) is 8.63. The second-order valence-electron chi connectivity index (χ2n) is 5.17. The lowest BCUT2D eigenvalue weighted by Gasteiger charge is -2.14. The minimum atomic E-state index is 0.473. The van der Waals surface area contributed by atoms with Gasteiger partial charge in [-0.15, -0.1) is 0 Å². The molecule has 0 bridgehead atoms. The van der Waals surface area contributed by atoms with Crippen molar-refractivity contribution in [3.63, 3.8) is 0 Å². The summed E-state index contributed by atoms with van der Waals surface area (Å²) in [6, 6.07) is 6.97. The van der Waals surface area contributed by atoms with Crippen LogP contribution in [0, 0.1) is 11.7 Å². The van der Waals surface area contributed by atoms with E-state index in [1.165, 1.54) is 36.8 Å². The molecule has 2 nitrogen and oxygen atoms in total. The van der Waals surface area contributed by atoms with Gasteiger partial charge in [0.15, 0.2) is 4.77 Å². The van der Waals surface area contributed by atoms with Crippen LogP contribution in [-0.4, -0.2) is 9.55 Å². The van der Waals surface area contributed by atoms with E-state index in [1.807, 2.05) is 0 Å². The zero-order valence-electron chi connectivity index (χ0n) is 11.5. The first-order valence-corrected chi connectivity index (χ1v) is 7.25. The summed E-state index contributed by atoms with van der Waals surface area (Å²) in [6.07, 6.45) is 5.05. The number of rotatable bonds is 5. The zero-order valence-corrected chi connectivity index (χ0v) is 12.3. The first-order valence-electron chi connectivity index (χ1n) is 6.84. The summed E-state index contributed by atoms with van der Waals surface area (Å²) >= 11 is 5.46. The molecular weight excluding hydrogens is 240 g/mol. The monoisotopic (exact) mass is 262 g/mol. The van der Waals surface area contributed by atoms with Gasteiger partial charge in [0.25, 0.3) is 0 Å². The summed E-state index contributed by atoms with van der Waals surface area (Å²) < 4.78 is 3.11. The van der Waals surface area contributed by atoms with Crippen molar-refractivity contribution >= 4 is 23.3 Å². The van der Waals surface area contributed by atoms with Crippen molar-refractivity contribution in [2.45, 2.75) is 52.5 Å². The van der Waals surface area contributed by atoms with E-state index < -0.39 is 0 Å². The standard InChI is InChI=1S/C15H22N2S/c1-4-5-6-7-12(3)17-14-9-8-11(2)10-13(14)16-15(17)18/h8-10,12H,4-7H2,1-3H3,(H,16,18). The van der Waals surface area contributed by atoms with Crippen LogP contribution in [-0.2, 0) is 0 Å². The molecular formula is C15H22N2S. The molecule has 2 aromatic rings. The Morgan fingerprint density at radius 1 is 1.33 bits per heavy atom. The highest BCUT2D eigenvalue weighted by Gasteiger charge is 2.10.